The quantitative estimate of drug-likeness (QED) is 0.574. The highest BCUT2D eigenvalue weighted by atomic mass is 35.5. The molecular weight excluding hydrogens is 351 g/mol. The van der Waals surface area contributed by atoms with Gasteiger partial charge in [-0.1, -0.05) is 61.9 Å². The Labute approximate surface area is 153 Å². The molecule has 5 nitrogen and oxygen atoms in total. The van der Waals surface area contributed by atoms with Gasteiger partial charge in [-0.05, 0) is 18.6 Å². The second-order valence-electron chi connectivity index (χ2n) is 5.41. The average Bonchev–Trinajstić information content (AvgIpc) is 2.55. The summed E-state index contributed by atoms with van der Waals surface area (Å²) >= 11 is 11.8. The first kappa shape index (κ1) is 20.7. The van der Waals surface area contributed by atoms with Crippen molar-refractivity contribution < 1.29 is 14.3 Å². The number of rotatable bonds is 11. The van der Waals surface area contributed by atoms with Crippen molar-refractivity contribution in [3.63, 3.8) is 0 Å². The first-order chi connectivity index (χ1) is 11.5. The van der Waals surface area contributed by atoms with Crippen LogP contribution in [0.2, 0.25) is 10.0 Å². The Hall–Kier alpha value is -1.30. The van der Waals surface area contributed by atoms with Gasteiger partial charge in [0.25, 0.3) is 0 Å². The van der Waals surface area contributed by atoms with Gasteiger partial charge < -0.3 is 15.4 Å². The van der Waals surface area contributed by atoms with E-state index in [0.717, 1.165) is 12.8 Å². The zero-order chi connectivity index (χ0) is 17.8. The molecule has 0 spiro atoms. The number of unbranched alkanes of at least 4 members (excludes halogenated alkanes) is 4. The number of hydrogen-bond donors (Lipinski definition) is 2. The molecule has 2 amide bonds. The molecule has 134 valence electrons. The van der Waals surface area contributed by atoms with Crippen molar-refractivity contribution in [2.24, 2.45) is 0 Å². The van der Waals surface area contributed by atoms with E-state index in [-0.39, 0.29) is 24.1 Å². The maximum absolute atomic E-state index is 11.7. The summed E-state index contributed by atoms with van der Waals surface area (Å²) in [6, 6.07) is 4.94. The van der Waals surface area contributed by atoms with Crippen LogP contribution in [0.3, 0.4) is 0 Å². The summed E-state index contributed by atoms with van der Waals surface area (Å²) in [5.74, 6) is -0.620. The van der Waals surface area contributed by atoms with Gasteiger partial charge >= 0.3 is 0 Å². The van der Waals surface area contributed by atoms with Crippen LogP contribution in [0.4, 0.5) is 5.69 Å². The lowest BCUT2D eigenvalue weighted by atomic mass is 10.1. The van der Waals surface area contributed by atoms with Crippen molar-refractivity contribution in [1.29, 1.82) is 0 Å². The van der Waals surface area contributed by atoms with Crippen LogP contribution in [0.25, 0.3) is 0 Å². The first-order valence-corrected chi connectivity index (χ1v) is 8.88. The lowest BCUT2D eigenvalue weighted by Crippen LogP contribution is -2.30. The maximum atomic E-state index is 11.7. The predicted octanol–water partition coefficient (Wildman–Crippen LogP) is 4.04. The van der Waals surface area contributed by atoms with Crippen molar-refractivity contribution in [3.05, 3.63) is 28.2 Å². The minimum absolute atomic E-state index is 0.147. The number of ether oxygens (including phenoxy) is 1. The molecule has 0 saturated heterocycles. The highest BCUT2D eigenvalue weighted by Crippen LogP contribution is 2.29. The second-order valence-corrected chi connectivity index (χ2v) is 6.19. The normalized spacial score (nSPS) is 10.5. The van der Waals surface area contributed by atoms with E-state index in [0.29, 0.717) is 17.3 Å². The Bertz CT molecular complexity index is 539. The molecule has 0 unspecified atom stereocenters. The largest absolute Gasteiger partial charge is 0.362 e. The number of carbonyl (C=O) groups excluding carboxylic acids is 2. The van der Waals surface area contributed by atoms with Gasteiger partial charge in [0.15, 0.2) is 0 Å². The number of carbonyl (C=O) groups is 2. The molecule has 2 N–H and O–H groups in total. The lowest BCUT2D eigenvalue weighted by molar-refractivity contribution is -0.128. The van der Waals surface area contributed by atoms with Crippen LogP contribution in [0, 0.1) is 0 Å². The average molecular weight is 375 g/mol. The van der Waals surface area contributed by atoms with E-state index in [9.17, 15) is 9.59 Å². The summed E-state index contributed by atoms with van der Waals surface area (Å²) < 4.78 is 5.09. The highest BCUT2D eigenvalue weighted by molar-refractivity contribution is 6.43. The van der Waals surface area contributed by atoms with Gasteiger partial charge in [-0.3, -0.25) is 9.59 Å². The van der Waals surface area contributed by atoms with Gasteiger partial charge in [-0.25, -0.2) is 0 Å². The summed E-state index contributed by atoms with van der Waals surface area (Å²) in [6.07, 6.45) is 5.68. The third-order valence-corrected chi connectivity index (χ3v) is 4.11. The minimum Gasteiger partial charge on any atom is -0.362 e. The first-order valence-electron chi connectivity index (χ1n) is 8.13. The number of hydrogen-bond acceptors (Lipinski definition) is 3. The van der Waals surface area contributed by atoms with Gasteiger partial charge in [0.05, 0.1) is 15.7 Å². The van der Waals surface area contributed by atoms with Crippen LogP contribution in [0.1, 0.15) is 39.0 Å². The Morgan fingerprint density at radius 2 is 1.75 bits per heavy atom. The number of anilines is 1. The van der Waals surface area contributed by atoms with E-state index in [1.165, 1.54) is 19.3 Å². The molecule has 0 atom stereocenters. The van der Waals surface area contributed by atoms with Crippen LogP contribution in [0.5, 0.6) is 0 Å². The van der Waals surface area contributed by atoms with Crippen LogP contribution in [0.15, 0.2) is 18.2 Å². The molecule has 0 aliphatic rings. The fraction of sp³-hybridized carbons (Fsp3) is 0.529. The Morgan fingerprint density at radius 1 is 1.04 bits per heavy atom. The number of halogens is 2. The van der Waals surface area contributed by atoms with E-state index in [1.54, 1.807) is 18.2 Å². The van der Waals surface area contributed by atoms with Crippen LogP contribution in [-0.2, 0) is 14.3 Å². The summed E-state index contributed by atoms with van der Waals surface area (Å²) in [5, 5.41) is 5.98. The third-order valence-electron chi connectivity index (χ3n) is 3.29. The van der Waals surface area contributed by atoms with Crippen molar-refractivity contribution in [2.75, 3.05) is 25.1 Å². The number of nitrogens with one attached hydrogen (secondary N) is 2. The third kappa shape index (κ3) is 8.52. The molecule has 7 heteroatoms. The number of amides is 2. The van der Waals surface area contributed by atoms with Crippen molar-refractivity contribution in [1.82, 2.24) is 5.32 Å². The van der Waals surface area contributed by atoms with Gasteiger partial charge in [-0.15, -0.1) is 0 Å². The standard InChI is InChI=1S/C17H24Cl2N2O3/c1-2-3-4-5-6-10-20-15(22)11-24-12-16(23)21-14-9-7-8-13(18)17(14)19/h7-9H,2-6,10-12H2,1H3,(H,20,22)(H,21,23). The molecule has 0 saturated carbocycles. The molecule has 1 rings (SSSR count). The summed E-state index contributed by atoms with van der Waals surface area (Å²) in [4.78, 5) is 23.3. The molecule has 0 heterocycles. The van der Waals surface area contributed by atoms with E-state index >= 15 is 0 Å². The zero-order valence-electron chi connectivity index (χ0n) is 13.9. The zero-order valence-corrected chi connectivity index (χ0v) is 15.4. The molecule has 0 fully saturated rings. The topological polar surface area (TPSA) is 67.4 Å². The highest BCUT2D eigenvalue weighted by Gasteiger charge is 2.09. The second kappa shape index (κ2) is 12.1. The van der Waals surface area contributed by atoms with Gasteiger partial charge in [0.1, 0.15) is 13.2 Å². The van der Waals surface area contributed by atoms with Crippen LogP contribution >= 0.6 is 23.2 Å². The molecule has 24 heavy (non-hydrogen) atoms. The maximum Gasteiger partial charge on any atom is 0.250 e. The summed E-state index contributed by atoms with van der Waals surface area (Å²) in [5.41, 5.74) is 0.411. The molecule has 0 bridgehead atoms. The number of benzene rings is 1. The van der Waals surface area contributed by atoms with E-state index in [1.807, 2.05) is 0 Å². The van der Waals surface area contributed by atoms with E-state index in [4.69, 9.17) is 27.9 Å². The minimum atomic E-state index is -0.397. The Balaban J connectivity index is 2.14. The van der Waals surface area contributed by atoms with E-state index < -0.39 is 5.91 Å². The lowest BCUT2D eigenvalue weighted by Gasteiger charge is -2.09. The summed E-state index contributed by atoms with van der Waals surface area (Å²) in [7, 11) is 0. The van der Waals surface area contributed by atoms with Gasteiger partial charge in [-0.2, -0.15) is 0 Å². The van der Waals surface area contributed by atoms with Crippen LogP contribution in [-0.4, -0.2) is 31.6 Å². The SMILES string of the molecule is CCCCCCCNC(=O)COCC(=O)Nc1cccc(Cl)c1Cl. The van der Waals surface area contributed by atoms with E-state index in [2.05, 4.69) is 17.6 Å². The molecule has 0 radical (unpaired) electrons. The molecule has 1 aromatic rings. The summed E-state index contributed by atoms with van der Waals surface area (Å²) in [6.45, 7) is 2.42. The van der Waals surface area contributed by atoms with Crippen LogP contribution < -0.4 is 10.6 Å². The van der Waals surface area contributed by atoms with Gasteiger partial charge in [0.2, 0.25) is 11.8 Å². The molecule has 0 aliphatic carbocycles. The van der Waals surface area contributed by atoms with Crippen molar-refractivity contribution in [2.45, 2.75) is 39.0 Å². The monoisotopic (exact) mass is 374 g/mol. The molecule has 1 aromatic carbocycles. The smallest absolute Gasteiger partial charge is 0.250 e. The van der Waals surface area contributed by atoms with Crippen molar-refractivity contribution >= 4 is 40.7 Å². The molecule has 0 aromatic heterocycles. The fourth-order valence-electron chi connectivity index (χ4n) is 2.03. The Kier molecular flexibility index (Phi) is 10.5. The Morgan fingerprint density at radius 3 is 2.50 bits per heavy atom. The van der Waals surface area contributed by atoms with Gasteiger partial charge in [0, 0.05) is 6.54 Å². The predicted molar refractivity (Wildman–Crippen MR) is 97.7 cm³/mol. The molecule has 0 aliphatic heterocycles. The molecular formula is C17H24Cl2N2O3. The fourth-order valence-corrected chi connectivity index (χ4v) is 2.38. The van der Waals surface area contributed by atoms with Crippen molar-refractivity contribution in [3.8, 4) is 0 Å².